The van der Waals surface area contributed by atoms with Crippen molar-refractivity contribution in [1.82, 2.24) is 0 Å². The van der Waals surface area contributed by atoms with E-state index in [1.807, 2.05) is 0 Å². The Morgan fingerprint density at radius 2 is 1.92 bits per heavy atom. The summed E-state index contributed by atoms with van der Waals surface area (Å²) in [6.45, 7) is 0. The summed E-state index contributed by atoms with van der Waals surface area (Å²) >= 11 is 0. The van der Waals surface area contributed by atoms with Gasteiger partial charge in [0.1, 0.15) is 11.5 Å². The number of benzene rings is 2. The molecule has 0 heterocycles. The number of rotatable bonds is 5. The van der Waals surface area contributed by atoms with Gasteiger partial charge in [-0.2, -0.15) is 13.2 Å². The number of hydrogen-bond acceptors (Lipinski definition) is 3. The van der Waals surface area contributed by atoms with Crippen molar-refractivity contribution in [3.8, 4) is 0 Å². The second-order valence-corrected chi connectivity index (χ2v) is 5.02. The van der Waals surface area contributed by atoms with E-state index in [0.717, 1.165) is 24.5 Å². The fraction of sp³-hybridized carbons (Fsp3) is 0.111. The number of nitrogens with one attached hydrogen (secondary N) is 1. The summed E-state index contributed by atoms with van der Waals surface area (Å²) in [6.07, 6.45) is -0.963. The third kappa shape index (κ3) is 5.17. The summed E-state index contributed by atoms with van der Waals surface area (Å²) in [6, 6.07) is 8.64. The van der Waals surface area contributed by atoms with Crippen LogP contribution in [0.2, 0.25) is 0 Å². The highest BCUT2D eigenvalue weighted by atomic mass is 19.4. The van der Waals surface area contributed by atoms with Crippen LogP contribution in [0.1, 0.15) is 11.1 Å². The number of carbonyl (C=O) groups excluding carboxylic acids is 1. The van der Waals surface area contributed by atoms with E-state index >= 15 is 0 Å². The SMILES string of the molecule is COC(=O)/C=C/c1cccc(F)c1N=CNc1cccc(C(F)(F)F)c1. The Labute approximate surface area is 146 Å². The van der Waals surface area contributed by atoms with Gasteiger partial charge in [0.25, 0.3) is 0 Å². The maximum atomic E-state index is 14.0. The molecule has 0 saturated carbocycles. The van der Waals surface area contributed by atoms with Crippen LogP contribution in [0, 0.1) is 5.82 Å². The molecule has 2 rings (SSSR count). The average Bonchev–Trinajstić information content (AvgIpc) is 2.61. The van der Waals surface area contributed by atoms with Gasteiger partial charge < -0.3 is 10.1 Å². The highest BCUT2D eigenvalue weighted by Crippen LogP contribution is 2.30. The van der Waals surface area contributed by atoms with Gasteiger partial charge in [0, 0.05) is 17.3 Å². The Balaban J connectivity index is 2.21. The minimum Gasteiger partial charge on any atom is -0.466 e. The first-order valence-electron chi connectivity index (χ1n) is 7.32. The third-order valence-corrected chi connectivity index (χ3v) is 3.23. The van der Waals surface area contributed by atoms with Crippen LogP contribution in [0.15, 0.2) is 53.5 Å². The van der Waals surface area contributed by atoms with Gasteiger partial charge in [-0.3, -0.25) is 0 Å². The monoisotopic (exact) mass is 366 g/mol. The standard InChI is InChI=1S/C18H14F4N2O2/c1-26-16(25)9-8-12-4-2-7-15(19)17(12)24-11-23-14-6-3-5-13(10-14)18(20,21)22/h2-11H,1H3,(H,23,24)/b9-8+. The quantitative estimate of drug-likeness (QED) is 0.272. The number of anilines is 1. The Bertz CT molecular complexity index is 845. The summed E-state index contributed by atoms with van der Waals surface area (Å²) in [7, 11) is 1.20. The Hall–Kier alpha value is -3.16. The minimum absolute atomic E-state index is 0.0767. The van der Waals surface area contributed by atoms with Crippen molar-refractivity contribution in [3.63, 3.8) is 0 Å². The molecule has 0 fully saturated rings. The predicted octanol–water partition coefficient (Wildman–Crippen LogP) is 4.80. The normalized spacial score (nSPS) is 11.9. The van der Waals surface area contributed by atoms with Crippen molar-refractivity contribution in [2.45, 2.75) is 6.18 Å². The van der Waals surface area contributed by atoms with Crippen molar-refractivity contribution in [2.75, 3.05) is 12.4 Å². The number of esters is 1. The molecule has 0 unspecified atom stereocenters. The molecule has 0 aromatic heterocycles. The van der Waals surface area contributed by atoms with Gasteiger partial charge in [0.2, 0.25) is 0 Å². The zero-order chi connectivity index (χ0) is 19.2. The minimum atomic E-state index is -4.47. The average molecular weight is 366 g/mol. The van der Waals surface area contributed by atoms with Crippen molar-refractivity contribution < 1.29 is 27.1 Å². The van der Waals surface area contributed by atoms with E-state index in [2.05, 4.69) is 15.0 Å². The molecule has 0 aliphatic heterocycles. The van der Waals surface area contributed by atoms with Crippen LogP contribution in [-0.4, -0.2) is 19.4 Å². The molecule has 4 nitrogen and oxygen atoms in total. The predicted molar refractivity (Wildman–Crippen MR) is 90.7 cm³/mol. The van der Waals surface area contributed by atoms with E-state index in [9.17, 15) is 22.4 Å². The smallest absolute Gasteiger partial charge is 0.416 e. The summed E-state index contributed by atoms with van der Waals surface area (Å²) < 4.78 is 56.5. The van der Waals surface area contributed by atoms with E-state index in [1.54, 1.807) is 0 Å². The molecule has 2 aromatic rings. The molecule has 0 aliphatic carbocycles. The summed E-state index contributed by atoms with van der Waals surface area (Å²) in [5.41, 5.74) is -0.445. The molecule has 0 radical (unpaired) electrons. The first-order valence-corrected chi connectivity index (χ1v) is 7.32. The second kappa shape index (κ2) is 8.28. The molecule has 0 amide bonds. The van der Waals surface area contributed by atoms with Crippen molar-refractivity contribution in [3.05, 3.63) is 65.5 Å². The molecule has 0 aliphatic rings. The fourth-order valence-corrected chi connectivity index (χ4v) is 1.99. The highest BCUT2D eigenvalue weighted by molar-refractivity contribution is 5.88. The number of nitrogens with zero attached hydrogens (tertiary/aromatic N) is 1. The number of carbonyl (C=O) groups is 1. The van der Waals surface area contributed by atoms with E-state index < -0.39 is 23.5 Å². The summed E-state index contributed by atoms with van der Waals surface area (Å²) in [5, 5.41) is 2.56. The molecule has 1 N–H and O–H groups in total. The largest absolute Gasteiger partial charge is 0.466 e. The van der Waals surface area contributed by atoms with Crippen molar-refractivity contribution in [1.29, 1.82) is 0 Å². The first kappa shape index (κ1) is 19.2. The van der Waals surface area contributed by atoms with Crippen LogP contribution in [0.4, 0.5) is 28.9 Å². The lowest BCUT2D eigenvalue weighted by atomic mass is 10.1. The number of halogens is 4. The molecular formula is C18H14F4N2O2. The first-order chi connectivity index (χ1) is 12.3. The number of alkyl halides is 3. The number of methoxy groups -OCH3 is 1. The lowest BCUT2D eigenvalue weighted by Gasteiger charge is -2.08. The van der Waals surface area contributed by atoms with Crippen LogP contribution < -0.4 is 5.32 Å². The van der Waals surface area contributed by atoms with Crippen LogP contribution in [0.5, 0.6) is 0 Å². The van der Waals surface area contributed by atoms with Gasteiger partial charge in [-0.15, -0.1) is 0 Å². The van der Waals surface area contributed by atoms with Crippen LogP contribution >= 0.6 is 0 Å². The number of aliphatic imine (C=N–C) groups is 1. The molecule has 0 bridgehead atoms. The van der Waals surface area contributed by atoms with Crippen molar-refractivity contribution in [2.24, 2.45) is 4.99 Å². The van der Waals surface area contributed by atoms with Crippen molar-refractivity contribution >= 4 is 29.8 Å². The van der Waals surface area contributed by atoms with E-state index in [4.69, 9.17) is 0 Å². The van der Waals surface area contributed by atoms with E-state index in [-0.39, 0.29) is 11.4 Å². The topological polar surface area (TPSA) is 50.7 Å². The van der Waals surface area contributed by atoms with Gasteiger partial charge in [-0.25, -0.2) is 14.2 Å². The number of para-hydroxylation sites is 1. The second-order valence-electron chi connectivity index (χ2n) is 5.02. The Morgan fingerprint density at radius 3 is 2.62 bits per heavy atom. The van der Waals surface area contributed by atoms with E-state index in [0.29, 0.717) is 5.56 Å². The van der Waals surface area contributed by atoms with Crippen LogP contribution in [0.3, 0.4) is 0 Å². The Kier molecular flexibility index (Phi) is 6.11. The van der Waals surface area contributed by atoms with Gasteiger partial charge in [-0.05, 0) is 30.3 Å². The fourth-order valence-electron chi connectivity index (χ4n) is 1.99. The summed E-state index contributed by atoms with van der Waals surface area (Å²) in [5.74, 6) is -1.27. The lowest BCUT2D eigenvalue weighted by Crippen LogP contribution is -2.05. The zero-order valence-corrected chi connectivity index (χ0v) is 13.5. The molecule has 0 spiro atoms. The lowest BCUT2D eigenvalue weighted by molar-refractivity contribution is -0.137. The third-order valence-electron chi connectivity index (χ3n) is 3.23. The number of hydrogen-bond donors (Lipinski definition) is 1. The van der Waals surface area contributed by atoms with E-state index in [1.165, 1.54) is 43.5 Å². The summed E-state index contributed by atoms with van der Waals surface area (Å²) in [4.78, 5) is 15.0. The molecule has 2 aromatic carbocycles. The van der Waals surface area contributed by atoms with Crippen LogP contribution in [0.25, 0.3) is 6.08 Å². The van der Waals surface area contributed by atoms with Gasteiger partial charge in [0.05, 0.1) is 19.0 Å². The van der Waals surface area contributed by atoms with Gasteiger partial charge >= 0.3 is 12.1 Å². The van der Waals surface area contributed by atoms with Crippen LogP contribution in [-0.2, 0) is 15.7 Å². The molecule has 136 valence electrons. The van der Waals surface area contributed by atoms with Gasteiger partial charge in [0.15, 0.2) is 0 Å². The molecule has 0 saturated heterocycles. The Morgan fingerprint density at radius 1 is 1.19 bits per heavy atom. The van der Waals surface area contributed by atoms with Gasteiger partial charge in [-0.1, -0.05) is 18.2 Å². The number of ether oxygens (including phenoxy) is 1. The molecule has 26 heavy (non-hydrogen) atoms. The molecule has 8 heteroatoms. The maximum Gasteiger partial charge on any atom is 0.416 e. The maximum absolute atomic E-state index is 14.0. The molecular weight excluding hydrogens is 352 g/mol. The zero-order valence-electron chi connectivity index (χ0n) is 13.5. The molecule has 0 atom stereocenters. The highest BCUT2D eigenvalue weighted by Gasteiger charge is 2.30.